The first-order valence-electron chi connectivity index (χ1n) is 17.4. The van der Waals surface area contributed by atoms with Gasteiger partial charge in [0, 0.05) is 60.0 Å². The maximum Gasteiger partial charge on any atom is 0.160 e. The highest BCUT2D eigenvalue weighted by Gasteiger charge is 2.20. The Bertz CT molecular complexity index is 3180. The van der Waals surface area contributed by atoms with E-state index in [-0.39, 0.29) is 0 Å². The number of hydrogen-bond acceptors (Lipinski definition) is 5. The van der Waals surface area contributed by atoms with Gasteiger partial charge in [0.2, 0.25) is 0 Å². The molecule has 0 saturated carbocycles. The van der Waals surface area contributed by atoms with Crippen LogP contribution in [0, 0.1) is 0 Å². The van der Waals surface area contributed by atoms with Crippen molar-refractivity contribution in [1.29, 1.82) is 0 Å². The molecule has 0 bridgehead atoms. The molecule has 0 unspecified atom stereocenters. The minimum absolute atomic E-state index is 0.621. The molecule has 11 rings (SSSR count). The van der Waals surface area contributed by atoms with E-state index in [1.54, 1.807) is 0 Å². The van der Waals surface area contributed by atoms with Crippen molar-refractivity contribution in [3.63, 3.8) is 0 Å². The first kappa shape index (κ1) is 28.7. The van der Waals surface area contributed by atoms with Crippen LogP contribution in [0.4, 0.5) is 0 Å². The Morgan fingerprint density at radius 2 is 1.06 bits per heavy atom. The van der Waals surface area contributed by atoms with E-state index in [2.05, 4.69) is 109 Å². The molecule has 52 heavy (non-hydrogen) atoms. The molecule has 0 radical (unpaired) electrons. The molecule has 0 spiro atoms. The third-order valence-corrected chi connectivity index (χ3v) is 10.1. The fraction of sp³-hybridized carbons (Fsp3) is 0. The van der Waals surface area contributed by atoms with Gasteiger partial charge in [0.1, 0.15) is 22.3 Å². The summed E-state index contributed by atoms with van der Waals surface area (Å²) < 4.78 is 12.9. The number of pyridine rings is 1. The van der Waals surface area contributed by atoms with Crippen molar-refractivity contribution in [3.8, 4) is 45.2 Å². The fourth-order valence-corrected chi connectivity index (χ4v) is 7.68. The van der Waals surface area contributed by atoms with E-state index < -0.39 is 0 Å². The second-order valence-electron chi connectivity index (χ2n) is 13.1. The van der Waals surface area contributed by atoms with Crippen molar-refractivity contribution in [2.45, 2.75) is 0 Å². The lowest BCUT2D eigenvalue weighted by molar-refractivity contribution is 0.669. The molecule has 0 fully saturated rings. The van der Waals surface area contributed by atoms with Gasteiger partial charge in [-0.1, -0.05) is 109 Å². The normalized spacial score (nSPS) is 11.8. The minimum Gasteiger partial charge on any atom is -0.456 e. The number of benzene rings is 7. The molecule has 0 amide bonds. The lowest BCUT2D eigenvalue weighted by Crippen LogP contribution is -1.97. The lowest BCUT2D eigenvalue weighted by Gasteiger charge is -2.13. The van der Waals surface area contributed by atoms with Gasteiger partial charge in [-0.2, -0.15) is 0 Å². The number of rotatable bonds is 4. The summed E-state index contributed by atoms with van der Waals surface area (Å²) in [7, 11) is 0. The predicted molar refractivity (Wildman–Crippen MR) is 211 cm³/mol. The standard InChI is InChI=1S/C47H27N3O2/c1-3-12-28(13-4-1)38-27-39(33-19-11-18-32-31-16-7-9-20-40(31)52-46(32)33)50-47(49-38)30-22-24-37-36(26-30)43-35(45(48-37)29-14-5-2-6-15-29)23-25-42-44(43)34-17-8-10-21-41(34)51-42/h1-27H. The summed E-state index contributed by atoms with van der Waals surface area (Å²) in [6.45, 7) is 0. The first-order valence-corrected chi connectivity index (χ1v) is 17.4. The van der Waals surface area contributed by atoms with E-state index in [0.717, 1.165) is 105 Å². The van der Waals surface area contributed by atoms with Crippen LogP contribution in [0.3, 0.4) is 0 Å². The fourth-order valence-electron chi connectivity index (χ4n) is 7.68. The lowest BCUT2D eigenvalue weighted by atomic mass is 9.95. The molecule has 5 nitrogen and oxygen atoms in total. The quantitative estimate of drug-likeness (QED) is 0.175. The summed E-state index contributed by atoms with van der Waals surface area (Å²) in [5.41, 5.74) is 10.7. The van der Waals surface area contributed by atoms with Crippen LogP contribution in [0.5, 0.6) is 0 Å². The number of furan rings is 2. The van der Waals surface area contributed by atoms with Crippen LogP contribution in [0.2, 0.25) is 0 Å². The zero-order valence-electron chi connectivity index (χ0n) is 27.7. The summed E-state index contributed by atoms with van der Waals surface area (Å²) >= 11 is 0. The van der Waals surface area contributed by atoms with Gasteiger partial charge in [-0.25, -0.2) is 15.0 Å². The molecule has 0 N–H and O–H groups in total. The Morgan fingerprint density at radius 3 is 1.88 bits per heavy atom. The molecule has 5 heteroatoms. The van der Waals surface area contributed by atoms with Crippen molar-refractivity contribution in [2.75, 3.05) is 0 Å². The second kappa shape index (κ2) is 11.2. The van der Waals surface area contributed by atoms with E-state index in [4.69, 9.17) is 23.8 Å². The topological polar surface area (TPSA) is 65.0 Å². The number of aromatic nitrogens is 3. The molecule has 11 aromatic rings. The molecule has 4 aromatic heterocycles. The maximum absolute atomic E-state index is 6.47. The Labute approximate surface area is 297 Å². The molecule has 0 aliphatic rings. The van der Waals surface area contributed by atoms with Crippen molar-refractivity contribution in [1.82, 2.24) is 15.0 Å². The van der Waals surface area contributed by atoms with Crippen LogP contribution >= 0.6 is 0 Å². The van der Waals surface area contributed by atoms with Crippen LogP contribution < -0.4 is 0 Å². The third-order valence-electron chi connectivity index (χ3n) is 10.1. The van der Waals surface area contributed by atoms with E-state index in [1.807, 2.05) is 54.6 Å². The summed E-state index contributed by atoms with van der Waals surface area (Å²) in [6.07, 6.45) is 0. The maximum atomic E-state index is 6.47. The smallest absolute Gasteiger partial charge is 0.160 e. The SMILES string of the molecule is c1ccc(-c2cc(-c3cccc4c3oc3ccccc34)nc(-c3ccc4nc(-c5ccccc5)c5ccc6oc7ccccc7c6c5c4c3)n2)cc1. The van der Waals surface area contributed by atoms with Gasteiger partial charge >= 0.3 is 0 Å². The minimum atomic E-state index is 0.621. The molecular formula is C47H27N3O2. The van der Waals surface area contributed by atoms with E-state index >= 15 is 0 Å². The van der Waals surface area contributed by atoms with E-state index in [1.165, 1.54) is 0 Å². The Kier molecular flexibility index (Phi) is 6.18. The third kappa shape index (κ3) is 4.39. The van der Waals surface area contributed by atoms with Crippen LogP contribution in [0.1, 0.15) is 0 Å². The van der Waals surface area contributed by atoms with Crippen molar-refractivity contribution in [2.24, 2.45) is 0 Å². The van der Waals surface area contributed by atoms with Crippen LogP contribution in [0.15, 0.2) is 173 Å². The van der Waals surface area contributed by atoms with Crippen LogP contribution in [-0.4, -0.2) is 15.0 Å². The Morgan fingerprint density at radius 1 is 0.365 bits per heavy atom. The molecule has 7 aromatic carbocycles. The van der Waals surface area contributed by atoms with E-state index in [0.29, 0.717) is 5.82 Å². The number of nitrogens with zero attached hydrogens (tertiary/aromatic N) is 3. The molecule has 0 aliphatic heterocycles. The highest BCUT2D eigenvalue weighted by molar-refractivity contribution is 6.28. The number of fused-ring (bicyclic) bond motifs is 10. The average Bonchev–Trinajstić information content (AvgIpc) is 3.79. The molecule has 0 aliphatic carbocycles. The van der Waals surface area contributed by atoms with Crippen molar-refractivity contribution in [3.05, 3.63) is 164 Å². The molecule has 242 valence electrons. The molecule has 0 atom stereocenters. The summed E-state index contributed by atoms with van der Waals surface area (Å²) in [5.74, 6) is 0.621. The highest BCUT2D eigenvalue weighted by atomic mass is 16.3. The van der Waals surface area contributed by atoms with Crippen molar-refractivity contribution < 1.29 is 8.83 Å². The Balaban J connectivity index is 1.20. The van der Waals surface area contributed by atoms with Crippen molar-refractivity contribution >= 4 is 65.6 Å². The van der Waals surface area contributed by atoms with Gasteiger partial charge in [0.25, 0.3) is 0 Å². The highest BCUT2D eigenvalue weighted by Crippen LogP contribution is 2.42. The predicted octanol–water partition coefficient (Wildman–Crippen LogP) is 12.6. The molecule has 4 heterocycles. The molecule has 0 saturated heterocycles. The van der Waals surface area contributed by atoms with Gasteiger partial charge in [-0.15, -0.1) is 0 Å². The summed E-state index contributed by atoms with van der Waals surface area (Å²) in [5, 5.41) is 7.46. The van der Waals surface area contributed by atoms with Gasteiger partial charge in [0.05, 0.1) is 22.6 Å². The average molecular weight is 666 g/mol. The largest absolute Gasteiger partial charge is 0.456 e. The number of hydrogen-bond donors (Lipinski definition) is 0. The van der Waals surface area contributed by atoms with Crippen LogP contribution in [-0.2, 0) is 0 Å². The zero-order valence-corrected chi connectivity index (χ0v) is 27.7. The van der Waals surface area contributed by atoms with Crippen LogP contribution in [0.25, 0.3) is 111 Å². The van der Waals surface area contributed by atoms with E-state index in [9.17, 15) is 0 Å². The molecular weight excluding hydrogens is 639 g/mol. The van der Waals surface area contributed by atoms with Gasteiger partial charge < -0.3 is 8.83 Å². The summed E-state index contributed by atoms with van der Waals surface area (Å²) in [4.78, 5) is 15.7. The zero-order chi connectivity index (χ0) is 34.2. The monoisotopic (exact) mass is 665 g/mol. The van der Waals surface area contributed by atoms with Gasteiger partial charge in [-0.05, 0) is 54.6 Å². The summed E-state index contributed by atoms with van der Waals surface area (Å²) in [6, 6.07) is 55.9. The number of para-hydroxylation sites is 3. The van der Waals surface area contributed by atoms with Gasteiger partial charge in [0.15, 0.2) is 5.82 Å². The van der Waals surface area contributed by atoms with Gasteiger partial charge in [-0.3, -0.25) is 0 Å². The first-order chi connectivity index (χ1) is 25.8. The second-order valence-corrected chi connectivity index (χ2v) is 13.1. The Hall–Kier alpha value is -7.11.